The predicted octanol–water partition coefficient (Wildman–Crippen LogP) is 13.3. The third-order valence-corrected chi connectivity index (χ3v) is 10.6. The molecule has 0 bridgehead atoms. The van der Waals surface area contributed by atoms with Gasteiger partial charge in [-0.2, -0.15) is 0 Å². The van der Waals surface area contributed by atoms with Crippen molar-refractivity contribution in [3.8, 4) is 22.3 Å². The maximum absolute atomic E-state index is 4.87. The van der Waals surface area contributed by atoms with Crippen molar-refractivity contribution in [1.82, 2.24) is 19.9 Å². The van der Waals surface area contributed by atoms with Crippen LogP contribution in [0.5, 0.6) is 0 Å². The molecule has 248 valence electrons. The number of hydrogen-bond donors (Lipinski definition) is 0. The van der Waals surface area contributed by atoms with E-state index < -0.39 is 0 Å². The number of nitrogens with zero attached hydrogens (tertiary/aromatic N) is 4. The van der Waals surface area contributed by atoms with Crippen LogP contribution in [-0.4, -0.2) is 19.9 Å². The molecule has 0 atom stereocenters. The van der Waals surface area contributed by atoms with Gasteiger partial charge in [0.1, 0.15) is 0 Å². The van der Waals surface area contributed by atoms with Crippen LogP contribution in [0.4, 0.5) is 0 Å². The van der Waals surface area contributed by atoms with Gasteiger partial charge in [0.15, 0.2) is 0 Å². The average Bonchev–Trinajstić information content (AvgIpc) is 3.18. The SMILES string of the molecule is Cc1cnc2c3ccc(-c4ccccc4)cc3c3cc(-c4ccccc4)ccc3c2n1.Cc1cnc2c3ccc(Br)cc3c3cc(Br)ccc3c2n1. The Kier molecular flexibility index (Phi) is 8.22. The van der Waals surface area contributed by atoms with Crippen LogP contribution in [0.15, 0.2) is 155 Å². The summed E-state index contributed by atoms with van der Waals surface area (Å²) in [6.07, 6.45) is 3.69. The molecule has 0 aliphatic carbocycles. The van der Waals surface area contributed by atoms with Crippen LogP contribution >= 0.6 is 31.9 Å². The van der Waals surface area contributed by atoms with Crippen LogP contribution < -0.4 is 0 Å². The fourth-order valence-electron chi connectivity index (χ4n) is 7.18. The van der Waals surface area contributed by atoms with E-state index in [2.05, 4.69) is 164 Å². The maximum Gasteiger partial charge on any atom is 0.0974 e. The van der Waals surface area contributed by atoms with Crippen molar-refractivity contribution < 1.29 is 0 Å². The Morgan fingerprint density at radius 2 is 0.712 bits per heavy atom. The first-order valence-electron chi connectivity index (χ1n) is 17.1. The molecule has 0 saturated heterocycles. The van der Waals surface area contributed by atoms with Gasteiger partial charge in [-0.3, -0.25) is 9.97 Å². The number of halogens is 2. The molecule has 8 aromatic carbocycles. The summed E-state index contributed by atoms with van der Waals surface area (Å²) in [5, 5.41) is 9.34. The summed E-state index contributed by atoms with van der Waals surface area (Å²) in [6, 6.07) is 47.0. The minimum Gasteiger partial charge on any atom is -0.252 e. The van der Waals surface area contributed by atoms with Crippen molar-refractivity contribution >= 4 is 97.0 Å². The van der Waals surface area contributed by atoms with Gasteiger partial charge in [-0.15, -0.1) is 0 Å². The van der Waals surface area contributed by atoms with E-state index in [-0.39, 0.29) is 0 Å². The van der Waals surface area contributed by atoms with E-state index in [1.54, 1.807) is 0 Å². The quantitative estimate of drug-likeness (QED) is 0.163. The lowest BCUT2D eigenvalue weighted by molar-refractivity contribution is 1.19. The molecular formula is C46H30Br2N4. The summed E-state index contributed by atoms with van der Waals surface area (Å²) in [5.41, 5.74) is 10.6. The Labute approximate surface area is 317 Å². The fraction of sp³-hybridized carbons (Fsp3) is 0.0435. The third-order valence-electron chi connectivity index (χ3n) is 9.60. The first-order chi connectivity index (χ1) is 25.4. The van der Waals surface area contributed by atoms with Gasteiger partial charge >= 0.3 is 0 Å². The van der Waals surface area contributed by atoms with E-state index in [4.69, 9.17) is 15.0 Å². The lowest BCUT2D eigenvalue weighted by atomic mass is 9.93. The van der Waals surface area contributed by atoms with Crippen LogP contribution in [0, 0.1) is 13.8 Å². The van der Waals surface area contributed by atoms with Gasteiger partial charge < -0.3 is 0 Å². The van der Waals surface area contributed by atoms with Crippen LogP contribution in [0.25, 0.3) is 87.4 Å². The van der Waals surface area contributed by atoms with Crippen molar-refractivity contribution in [2.45, 2.75) is 13.8 Å². The zero-order valence-corrected chi connectivity index (χ0v) is 31.6. The van der Waals surface area contributed by atoms with Crippen LogP contribution in [-0.2, 0) is 0 Å². The molecule has 0 amide bonds. The molecule has 0 radical (unpaired) electrons. The summed E-state index contributed by atoms with van der Waals surface area (Å²) in [6.45, 7) is 3.97. The Hall–Kier alpha value is -5.56. The molecule has 4 nitrogen and oxygen atoms in total. The highest BCUT2D eigenvalue weighted by atomic mass is 79.9. The summed E-state index contributed by atoms with van der Waals surface area (Å²) < 4.78 is 2.13. The first-order valence-corrected chi connectivity index (χ1v) is 18.7. The fourth-order valence-corrected chi connectivity index (χ4v) is 7.91. The topological polar surface area (TPSA) is 51.6 Å². The van der Waals surface area contributed by atoms with Crippen molar-refractivity contribution in [3.63, 3.8) is 0 Å². The van der Waals surface area contributed by atoms with Gasteiger partial charge in [-0.05, 0) is 94.0 Å². The van der Waals surface area contributed by atoms with E-state index in [1.165, 1.54) is 43.8 Å². The summed E-state index contributed by atoms with van der Waals surface area (Å²) in [4.78, 5) is 19.0. The lowest BCUT2D eigenvalue weighted by Crippen LogP contribution is -1.92. The zero-order chi connectivity index (χ0) is 35.3. The molecule has 10 aromatic rings. The largest absolute Gasteiger partial charge is 0.252 e. The molecule has 0 aliphatic rings. The van der Waals surface area contributed by atoms with Gasteiger partial charge in [0, 0.05) is 42.9 Å². The van der Waals surface area contributed by atoms with Gasteiger partial charge in [-0.25, -0.2) is 9.97 Å². The smallest absolute Gasteiger partial charge is 0.0974 e. The molecule has 2 heterocycles. The number of hydrogen-bond acceptors (Lipinski definition) is 4. The van der Waals surface area contributed by atoms with Crippen LogP contribution in [0.3, 0.4) is 0 Å². The Morgan fingerprint density at radius 3 is 1.13 bits per heavy atom. The molecule has 0 fully saturated rings. The number of benzene rings is 8. The number of rotatable bonds is 2. The molecule has 0 aliphatic heterocycles. The Bertz CT molecular complexity index is 3000. The second-order valence-corrected chi connectivity index (χ2v) is 14.9. The zero-order valence-electron chi connectivity index (χ0n) is 28.4. The molecule has 6 heteroatoms. The number of fused-ring (bicyclic) bond motifs is 12. The summed E-state index contributed by atoms with van der Waals surface area (Å²) >= 11 is 7.13. The molecule has 2 aromatic heterocycles. The highest BCUT2D eigenvalue weighted by molar-refractivity contribution is 9.10. The summed E-state index contributed by atoms with van der Waals surface area (Å²) in [5.74, 6) is 0. The van der Waals surface area contributed by atoms with Crippen molar-refractivity contribution in [3.05, 3.63) is 166 Å². The van der Waals surface area contributed by atoms with E-state index >= 15 is 0 Å². The van der Waals surface area contributed by atoms with E-state index in [0.29, 0.717) is 0 Å². The van der Waals surface area contributed by atoms with Gasteiger partial charge in [0.25, 0.3) is 0 Å². The second-order valence-electron chi connectivity index (χ2n) is 13.0. The van der Waals surface area contributed by atoms with Crippen LogP contribution in [0.1, 0.15) is 11.4 Å². The van der Waals surface area contributed by atoms with Gasteiger partial charge in [-0.1, -0.05) is 129 Å². The molecule has 0 saturated carbocycles. The Morgan fingerprint density at radius 1 is 0.346 bits per heavy atom. The van der Waals surface area contributed by atoms with Crippen molar-refractivity contribution in [2.75, 3.05) is 0 Å². The van der Waals surface area contributed by atoms with Gasteiger partial charge in [0.05, 0.1) is 33.5 Å². The third kappa shape index (κ3) is 5.78. The minimum atomic E-state index is 0.932. The lowest BCUT2D eigenvalue weighted by Gasteiger charge is -2.13. The first kappa shape index (κ1) is 32.4. The van der Waals surface area contributed by atoms with E-state index in [1.807, 2.05) is 32.3 Å². The number of aryl methyl sites for hydroxylation is 2. The second kappa shape index (κ2) is 13.2. The highest BCUT2D eigenvalue weighted by Crippen LogP contribution is 2.38. The normalized spacial score (nSPS) is 11.5. The predicted molar refractivity (Wildman–Crippen MR) is 225 cm³/mol. The van der Waals surface area contributed by atoms with Crippen molar-refractivity contribution in [2.24, 2.45) is 0 Å². The molecule has 52 heavy (non-hydrogen) atoms. The molecule has 10 rings (SSSR count). The van der Waals surface area contributed by atoms with Crippen LogP contribution in [0.2, 0.25) is 0 Å². The molecule has 0 unspecified atom stereocenters. The maximum atomic E-state index is 4.87. The van der Waals surface area contributed by atoms with Crippen molar-refractivity contribution in [1.29, 1.82) is 0 Å². The monoisotopic (exact) mass is 796 g/mol. The number of aromatic nitrogens is 4. The highest BCUT2D eigenvalue weighted by Gasteiger charge is 2.14. The van der Waals surface area contributed by atoms with Gasteiger partial charge in [0.2, 0.25) is 0 Å². The molecular weight excluding hydrogens is 768 g/mol. The molecule has 0 spiro atoms. The minimum absolute atomic E-state index is 0.932. The Balaban J connectivity index is 0.000000149. The van der Waals surface area contributed by atoms with E-state index in [9.17, 15) is 0 Å². The average molecular weight is 799 g/mol. The standard InChI is InChI=1S/C29H20N2.C17H10Br2N2/c1-19-18-30-28-24-14-12-22(20-8-4-2-5-9-20)16-26(24)27-17-23(21-10-6-3-7-11-21)13-15-25(27)29(28)31-19;1-9-8-20-16-12-4-2-10(18)6-14(12)15-7-11(19)3-5-13(15)17(16)21-9/h2-18H,1H3;2-8H,1H3. The van der Waals surface area contributed by atoms with E-state index in [0.717, 1.165) is 63.9 Å². The molecule has 0 N–H and O–H groups in total. The summed E-state index contributed by atoms with van der Waals surface area (Å²) in [7, 11) is 0.